The van der Waals surface area contributed by atoms with E-state index in [1.807, 2.05) is 17.5 Å². The number of piperidine rings is 1. The standard InChI is InChI=1S/C19H27N3O3S/c1-14(18-20-21-19(25-18)17-6-4-12-26-17)22-9-7-15(8-10-22)24-13-16-5-2-3-11-23-16/h4,6,12,14-16H,2-3,5,7-11,13H2,1H3. The Balaban J connectivity index is 1.25. The second kappa shape index (κ2) is 8.61. The van der Waals surface area contributed by atoms with Crippen LogP contribution in [0, 0.1) is 0 Å². The van der Waals surface area contributed by atoms with Gasteiger partial charge in [-0.15, -0.1) is 21.5 Å². The summed E-state index contributed by atoms with van der Waals surface area (Å²) in [5.74, 6) is 1.32. The van der Waals surface area contributed by atoms with E-state index in [9.17, 15) is 0 Å². The molecule has 2 saturated heterocycles. The van der Waals surface area contributed by atoms with Crippen molar-refractivity contribution in [2.45, 2.75) is 57.3 Å². The molecule has 0 saturated carbocycles. The molecule has 26 heavy (non-hydrogen) atoms. The van der Waals surface area contributed by atoms with Gasteiger partial charge in [0, 0.05) is 19.7 Å². The fraction of sp³-hybridized carbons (Fsp3) is 0.684. The number of nitrogens with zero attached hydrogens (tertiary/aromatic N) is 3. The summed E-state index contributed by atoms with van der Waals surface area (Å²) >= 11 is 1.62. The van der Waals surface area contributed by atoms with Crippen molar-refractivity contribution < 1.29 is 13.9 Å². The lowest BCUT2D eigenvalue weighted by molar-refractivity contribution is -0.0773. The van der Waals surface area contributed by atoms with Gasteiger partial charge >= 0.3 is 0 Å². The molecule has 0 aromatic carbocycles. The van der Waals surface area contributed by atoms with Crippen LogP contribution in [0.1, 0.15) is 51.0 Å². The number of rotatable bonds is 6. The van der Waals surface area contributed by atoms with Crippen LogP contribution in [-0.4, -0.2) is 53.6 Å². The van der Waals surface area contributed by atoms with Crippen LogP contribution >= 0.6 is 11.3 Å². The lowest BCUT2D eigenvalue weighted by Gasteiger charge is -2.35. The Hall–Kier alpha value is -1.28. The molecular formula is C19H27N3O3S. The van der Waals surface area contributed by atoms with Crippen molar-refractivity contribution in [1.29, 1.82) is 0 Å². The monoisotopic (exact) mass is 377 g/mol. The van der Waals surface area contributed by atoms with Crippen LogP contribution in [0.4, 0.5) is 0 Å². The second-order valence-corrected chi connectivity index (χ2v) is 8.10. The van der Waals surface area contributed by atoms with Crippen molar-refractivity contribution in [2.24, 2.45) is 0 Å². The number of ether oxygens (including phenoxy) is 2. The zero-order valence-corrected chi connectivity index (χ0v) is 16.1. The van der Waals surface area contributed by atoms with Crippen molar-refractivity contribution in [2.75, 3.05) is 26.3 Å². The maximum absolute atomic E-state index is 6.11. The minimum Gasteiger partial charge on any atom is -0.418 e. The van der Waals surface area contributed by atoms with Gasteiger partial charge in [-0.05, 0) is 50.5 Å². The molecule has 2 aliphatic rings. The van der Waals surface area contributed by atoms with E-state index in [4.69, 9.17) is 13.9 Å². The van der Waals surface area contributed by atoms with Gasteiger partial charge in [0.05, 0.1) is 29.7 Å². The third kappa shape index (κ3) is 4.34. The van der Waals surface area contributed by atoms with Gasteiger partial charge in [-0.3, -0.25) is 4.90 Å². The van der Waals surface area contributed by atoms with Crippen LogP contribution in [0.2, 0.25) is 0 Å². The van der Waals surface area contributed by atoms with Crippen LogP contribution in [0.3, 0.4) is 0 Å². The maximum atomic E-state index is 6.11. The Bertz CT molecular complexity index is 661. The molecule has 0 aliphatic carbocycles. The summed E-state index contributed by atoms with van der Waals surface area (Å²) in [7, 11) is 0. The fourth-order valence-electron chi connectivity index (χ4n) is 3.67. The maximum Gasteiger partial charge on any atom is 0.257 e. The normalized spacial score (nSPS) is 24.0. The number of likely N-dealkylation sites (tertiary alicyclic amines) is 1. The van der Waals surface area contributed by atoms with Crippen LogP contribution < -0.4 is 0 Å². The van der Waals surface area contributed by atoms with Crippen LogP contribution in [0.15, 0.2) is 21.9 Å². The molecule has 2 unspecified atom stereocenters. The van der Waals surface area contributed by atoms with Gasteiger partial charge in [0.15, 0.2) is 0 Å². The Morgan fingerprint density at radius 3 is 2.88 bits per heavy atom. The summed E-state index contributed by atoms with van der Waals surface area (Å²) in [6.45, 7) is 5.76. The molecule has 0 N–H and O–H groups in total. The molecule has 2 aliphatic heterocycles. The van der Waals surface area contributed by atoms with E-state index in [1.54, 1.807) is 11.3 Å². The van der Waals surface area contributed by atoms with Gasteiger partial charge in [0.1, 0.15) is 0 Å². The predicted molar refractivity (Wildman–Crippen MR) is 100 cm³/mol. The lowest BCUT2D eigenvalue weighted by Crippen LogP contribution is -2.39. The molecule has 2 aromatic heterocycles. The van der Waals surface area contributed by atoms with E-state index in [-0.39, 0.29) is 6.04 Å². The quantitative estimate of drug-likeness (QED) is 0.761. The minimum atomic E-state index is 0.138. The summed E-state index contributed by atoms with van der Waals surface area (Å²) in [5, 5.41) is 10.5. The zero-order chi connectivity index (χ0) is 17.8. The number of thiophene rings is 1. The molecule has 0 radical (unpaired) electrons. The molecule has 2 aromatic rings. The zero-order valence-electron chi connectivity index (χ0n) is 15.3. The van der Waals surface area contributed by atoms with E-state index in [0.717, 1.165) is 50.4 Å². The Kier molecular flexibility index (Phi) is 5.99. The SMILES string of the molecule is CC(c1nnc(-c2cccs2)o1)N1CCC(OCC2CCCCO2)CC1. The molecule has 0 bridgehead atoms. The molecule has 2 atom stereocenters. The molecule has 2 fully saturated rings. The first-order valence-electron chi connectivity index (χ1n) is 9.64. The average molecular weight is 378 g/mol. The third-order valence-corrected chi connectivity index (χ3v) is 6.20. The molecule has 4 heterocycles. The summed E-state index contributed by atoms with van der Waals surface area (Å²) < 4.78 is 17.8. The number of aromatic nitrogens is 2. The summed E-state index contributed by atoms with van der Waals surface area (Å²) in [6.07, 6.45) is 6.33. The van der Waals surface area contributed by atoms with Crippen molar-refractivity contribution in [1.82, 2.24) is 15.1 Å². The first-order valence-corrected chi connectivity index (χ1v) is 10.5. The first kappa shape index (κ1) is 18.1. The van der Waals surface area contributed by atoms with E-state index in [0.29, 0.717) is 24.0 Å². The van der Waals surface area contributed by atoms with Crippen molar-refractivity contribution in [3.63, 3.8) is 0 Å². The summed E-state index contributed by atoms with van der Waals surface area (Å²) in [5.41, 5.74) is 0. The molecule has 142 valence electrons. The van der Waals surface area contributed by atoms with Crippen molar-refractivity contribution in [3.05, 3.63) is 23.4 Å². The average Bonchev–Trinajstić information content (AvgIpc) is 3.38. The van der Waals surface area contributed by atoms with E-state index in [2.05, 4.69) is 22.0 Å². The second-order valence-electron chi connectivity index (χ2n) is 7.16. The fourth-order valence-corrected chi connectivity index (χ4v) is 4.32. The highest BCUT2D eigenvalue weighted by molar-refractivity contribution is 7.13. The Morgan fingerprint density at radius 2 is 2.15 bits per heavy atom. The van der Waals surface area contributed by atoms with E-state index >= 15 is 0 Å². The minimum absolute atomic E-state index is 0.138. The van der Waals surface area contributed by atoms with Crippen molar-refractivity contribution in [3.8, 4) is 10.8 Å². The Labute approximate surface area is 158 Å². The summed E-state index contributed by atoms with van der Waals surface area (Å²) in [4.78, 5) is 3.43. The molecule has 0 amide bonds. The number of hydrogen-bond acceptors (Lipinski definition) is 7. The highest BCUT2D eigenvalue weighted by atomic mass is 32.1. The van der Waals surface area contributed by atoms with Crippen molar-refractivity contribution >= 4 is 11.3 Å². The van der Waals surface area contributed by atoms with Gasteiger partial charge in [-0.25, -0.2) is 0 Å². The lowest BCUT2D eigenvalue weighted by atomic mass is 10.1. The van der Waals surface area contributed by atoms with Gasteiger partial charge in [-0.2, -0.15) is 0 Å². The van der Waals surface area contributed by atoms with Crippen LogP contribution in [0.5, 0.6) is 0 Å². The van der Waals surface area contributed by atoms with Gasteiger partial charge in [0.2, 0.25) is 5.89 Å². The number of hydrogen-bond donors (Lipinski definition) is 0. The van der Waals surface area contributed by atoms with Crippen LogP contribution in [0.25, 0.3) is 10.8 Å². The van der Waals surface area contributed by atoms with Gasteiger partial charge in [-0.1, -0.05) is 6.07 Å². The van der Waals surface area contributed by atoms with Gasteiger partial charge in [0.25, 0.3) is 5.89 Å². The van der Waals surface area contributed by atoms with E-state index < -0.39 is 0 Å². The van der Waals surface area contributed by atoms with Crippen LogP contribution in [-0.2, 0) is 9.47 Å². The molecular weight excluding hydrogens is 350 g/mol. The summed E-state index contributed by atoms with van der Waals surface area (Å²) in [6, 6.07) is 4.14. The molecule has 0 spiro atoms. The third-order valence-electron chi connectivity index (χ3n) is 5.35. The highest BCUT2D eigenvalue weighted by Crippen LogP contribution is 2.29. The highest BCUT2D eigenvalue weighted by Gasteiger charge is 2.28. The van der Waals surface area contributed by atoms with E-state index in [1.165, 1.54) is 12.8 Å². The topological polar surface area (TPSA) is 60.6 Å². The molecule has 4 rings (SSSR count). The smallest absolute Gasteiger partial charge is 0.257 e. The molecule has 7 heteroatoms. The Morgan fingerprint density at radius 1 is 1.27 bits per heavy atom. The first-order chi connectivity index (χ1) is 12.8. The predicted octanol–water partition coefficient (Wildman–Crippen LogP) is 3.91. The largest absolute Gasteiger partial charge is 0.418 e. The molecule has 6 nitrogen and oxygen atoms in total. The van der Waals surface area contributed by atoms with Gasteiger partial charge < -0.3 is 13.9 Å².